The Bertz CT molecular complexity index is 1280. The van der Waals surface area contributed by atoms with Gasteiger partial charge in [-0.3, -0.25) is 9.52 Å². The number of nitrogens with one attached hydrogen (secondary N) is 2. The molecule has 0 heterocycles. The van der Waals surface area contributed by atoms with E-state index in [0.29, 0.717) is 5.02 Å². The number of benzene rings is 3. The maximum absolute atomic E-state index is 12.7. The van der Waals surface area contributed by atoms with Gasteiger partial charge in [0, 0.05) is 22.2 Å². The molecule has 1 amide bonds. The summed E-state index contributed by atoms with van der Waals surface area (Å²) in [6, 6.07) is 13.5. The summed E-state index contributed by atoms with van der Waals surface area (Å²) in [5.41, 5.74) is 2.63. The molecule has 0 fully saturated rings. The fraction of sp³-hybridized carbons (Fsp3) is 0. The number of amides is 1. The molecule has 160 valence electrons. The molecular weight excluding hydrogens is 465 g/mol. The van der Waals surface area contributed by atoms with Crippen molar-refractivity contribution in [2.75, 3.05) is 4.72 Å². The number of nitrogens with zero attached hydrogens (tertiary/aromatic N) is 1. The van der Waals surface area contributed by atoms with E-state index >= 15 is 0 Å². The largest absolute Gasteiger partial charge is 0.508 e. The summed E-state index contributed by atoms with van der Waals surface area (Å²) in [7, 11) is -4.05. The van der Waals surface area contributed by atoms with E-state index in [1.165, 1.54) is 60.8 Å². The van der Waals surface area contributed by atoms with Crippen LogP contribution in [0.3, 0.4) is 0 Å². The lowest BCUT2D eigenvalue weighted by atomic mass is 10.2. The first-order valence-corrected chi connectivity index (χ1v) is 10.8. The van der Waals surface area contributed by atoms with Gasteiger partial charge in [0.05, 0.1) is 21.8 Å². The second-order valence-corrected chi connectivity index (χ2v) is 8.73. The number of carbonyl (C=O) groups excluding carboxylic acids is 1. The number of sulfonamides is 1. The fourth-order valence-electron chi connectivity index (χ4n) is 2.45. The molecule has 0 aliphatic carbocycles. The van der Waals surface area contributed by atoms with Crippen LogP contribution in [-0.2, 0) is 10.0 Å². The summed E-state index contributed by atoms with van der Waals surface area (Å²) in [6.45, 7) is 0. The van der Waals surface area contributed by atoms with Crippen molar-refractivity contribution < 1.29 is 23.4 Å². The smallest absolute Gasteiger partial charge is 0.271 e. The second kappa shape index (κ2) is 9.25. The standard InChI is InChI=1S/C20H15Cl2N3O5S/c21-14-5-7-17(22)18(9-14)25-31(29,30)16-3-1-2-12(8-16)20(28)24-23-11-13-4-6-15(26)10-19(13)27/h1-11,25-27H,(H,24,28)/b23-11+. The van der Waals surface area contributed by atoms with Gasteiger partial charge in [0.25, 0.3) is 15.9 Å². The molecule has 0 aliphatic heterocycles. The Kier molecular flexibility index (Phi) is 6.69. The monoisotopic (exact) mass is 479 g/mol. The summed E-state index contributed by atoms with van der Waals surface area (Å²) in [4.78, 5) is 12.2. The van der Waals surface area contributed by atoms with Crippen LogP contribution in [0.2, 0.25) is 10.0 Å². The molecule has 3 rings (SSSR count). The normalized spacial score (nSPS) is 11.4. The predicted molar refractivity (Wildman–Crippen MR) is 119 cm³/mol. The number of hydrogen-bond donors (Lipinski definition) is 4. The first kappa shape index (κ1) is 22.4. The first-order valence-electron chi connectivity index (χ1n) is 8.59. The summed E-state index contributed by atoms with van der Waals surface area (Å²) in [5, 5.41) is 23.2. The molecule has 0 bridgehead atoms. The third kappa shape index (κ3) is 5.66. The number of phenols is 2. The van der Waals surface area contributed by atoms with E-state index < -0.39 is 15.9 Å². The molecule has 3 aromatic carbocycles. The van der Waals surface area contributed by atoms with E-state index in [1.807, 2.05) is 0 Å². The van der Waals surface area contributed by atoms with Gasteiger partial charge >= 0.3 is 0 Å². The molecule has 0 saturated carbocycles. The minimum atomic E-state index is -4.05. The Hall–Kier alpha value is -3.27. The van der Waals surface area contributed by atoms with Gasteiger partial charge in [-0.25, -0.2) is 13.8 Å². The maximum atomic E-state index is 12.7. The lowest BCUT2D eigenvalue weighted by Gasteiger charge is -2.11. The zero-order chi connectivity index (χ0) is 22.6. The van der Waals surface area contributed by atoms with E-state index in [1.54, 1.807) is 0 Å². The molecule has 0 aromatic heterocycles. The van der Waals surface area contributed by atoms with Gasteiger partial charge in [0.1, 0.15) is 11.5 Å². The van der Waals surface area contributed by atoms with E-state index in [-0.39, 0.29) is 38.2 Å². The van der Waals surface area contributed by atoms with Gasteiger partial charge < -0.3 is 10.2 Å². The predicted octanol–water partition coefficient (Wildman–Crippen LogP) is 3.97. The van der Waals surface area contributed by atoms with Crippen molar-refractivity contribution in [1.82, 2.24) is 5.43 Å². The Morgan fingerprint density at radius 1 is 1.00 bits per heavy atom. The second-order valence-electron chi connectivity index (χ2n) is 6.20. The number of anilines is 1. The lowest BCUT2D eigenvalue weighted by Crippen LogP contribution is -2.19. The topological polar surface area (TPSA) is 128 Å². The van der Waals surface area contributed by atoms with Crippen LogP contribution in [0.4, 0.5) is 5.69 Å². The highest BCUT2D eigenvalue weighted by molar-refractivity contribution is 7.92. The molecule has 0 unspecified atom stereocenters. The average molecular weight is 480 g/mol. The van der Waals surface area contributed by atoms with Crippen LogP contribution in [0.25, 0.3) is 0 Å². The van der Waals surface area contributed by atoms with Crippen LogP contribution in [0, 0.1) is 0 Å². The molecule has 8 nitrogen and oxygen atoms in total. The van der Waals surface area contributed by atoms with Crippen molar-refractivity contribution in [2.45, 2.75) is 4.90 Å². The van der Waals surface area contributed by atoms with Crippen LogP contribution >= 0.6 is 23.2 Å². The SMILES string of the molecule is O=C(N/N=C/c1ccc(O)cc1O)c1cccc(S(=O)(=O)Nc2cc(Cl)ccc2Cl)c1. The van der Waals surface area contributed by atoms with Crippen LogP contribution in [-0.4, -0.2) is 30.8 Å². The Morgan fingerprint density at radius 3 is 2.52 bits per heavy atom. The summed E-state index contributed by atoms with van der Waals surface area (Å²) < 4.78 is 27.7. The summed E-state index contributed by atoms with van der Waals surface area (Å²) in [6.07, 6.45) is 1.18. The average Bonchev–Trinajstić information content (AvgIpc) is 2.72. The highest BCUT2D eigenvalue weighted by atomic mass is 35.5. The van der Waals surface area contributed by atoms with Gasteiger partial charge in [0.2, 0.25) is 0 Å². The van der Waals surface area contributed by atoms with Crippen LogP contribution in [0.1, 0.15) is 15.9 Å². The quantitative estimate of drug-likeness (QED) is 0.314. The number of rotatable bonds is 6. The highest BCUT2D eigenvalue weighted by Crippen LogP contribution is 2.28. The molecule has 3 aromatic rings. The molecular formula is C20H15Cl2N3O5S. The van der Waals surface area contributed by atoms with Crippen molar-refractivity contribution >= 4 is 51.0 Å². The van der Waals surface area contributed by atoms with Gasteiger partial charge in [-0.05, 0) is 48.5 Å². The maximum Gasteiger partial charge on any atom is 0.271 e. The van der Waals surface area contributed by atoms with Crippen molar-refractivity contribution in [3.63, 3.8) is 0 Å². The molecule has 11 heteroatoms. The Labute approximate surface area is 187 Å². The van der Waals surface area contributed by atoms with E-state index in [0.717, 1.165) is 6.07 Å². The fourth-order valence-corrected chi connectivity index (χ4v) is 3.96. The zero-order valence-corrected chi connectivity index (χ0v) is 17.9. The lowest BCUT2D eigenvalue weighted by molar-refractivity contribution is 0.0955. The number of hydrogen-bond acceptors (Lipinski definition) is 6. The number of hydrazone groups is 1. The molecule has 0 atom stereocenters. The molecule has 31 heavy (non-hydrogen) atoms. The van der Waals surface area contributed by atoms with Crippen LogP contribution in [0.5, 0.6) is 11.5 Å². The van der Waals surface area contributed by atoms with Crippen molar-refractivity contribution in [3.05, 3.63) is 81.8 Å². The Morgan fingerprint density at radius 2 is 1.77 bits per heavy atom. The minimum absolute atomic E-state index is 0.0344. The van der Waals surface area contributed by atoms with E-state index in [4.69, 9.17) is 23.2 Å². The number of aromatic hydroxyl groups is 2. The minimum Gasteiger partial charge on any atom is -0.508 e. The summed E-state index contributed by atoms with van der Waals surface area (Å²) >= 11 is 11.9. The van der Waals surface area contributed by atoms with Gasteiger partial charge in [-0.2, -0.15) is 5.10 Å². The van der Waals surface area contributed by atoms with E-state index in [9.17, 15) is 23.4 Å². The molecule has 0 saturated heterocycles. The third-order valence-electron chi connectivity index (χ3n) is 3.96. The zero-order valence-electron chi connectivity index (χ0n) is 15.6. The molecule has 0 aliphatic rings. The molecule has 0 spiro atoms. The third-order valence-corrected chi connectivity index (χ3v) is 5.89. The van der Waals surface area contributed by atoms with Crippen LogP contribution in [0.15, 0.2) is 70.7 Å². The number of halogens is 2. The van der Waals surface area contributed by atoms with Gasteiger partial charge in [-0.15, -0.1) is 0 Å². The Balaban J connectivity index is 1.76. The van der Waals surface area contributed by atoms with Crippen molar-refractivity contribution in [1.29, 1.82) is 0 Å². The first-order chi connectivity index (χ1) is 14.7. The number of phenolic OH excluding ortho intramolecular Hbond substituents is 2. The van der Waals surface area contributed by atoms with E-state index in [2.05, 4.69) is 15.2 Å². The number of carbonyl (C=O) groups is 1. The highest BCUT2D eigenvalue weighted by Gasteiger charge is 2.18. The van der Waals surface area contributed by atoms with Gasteiger partial charge in [0.15, 0.2) is 0 Å². The van der Waals surface area contributed by atoms with Gasteiger partial charge in [-0.1, -0.05) is 29.3 Å². The van der Waals surface area contributed by atoms with Crippen LogP contribution < -0.4 is 10.1 Å². The molecule has 4 N–H and O–H groups in total. The van der Waals surface area contributed by atoms with Crippen molar-refractivity contribution in [2.24, 2.45) is 5.10 Å². The van der Waals surface area contributed by atoms with Crippen molar-refractivity contribution in [3.8, 4) is 11.5 Å². The molecule has 0 radical (unpaired) electrons. The summed E-state index contributed by atoms with van der Waals surface area (Å²) in [5.74, 6) is -1.02.